The van der Waals surface area contributed by atoms with Gasteiger partial charge in [0.1, 0.15) is 10.7 Å². The van der Waals surface area contributed by atoms with Crippen molar-refractivity contribution in [2.24, 2.45) is 11.1 Å². The van der Waals surface area contributed by atoms with Crippen LogP contribution in [0.2, 0.25) is 5.02 Å². The molecule has 8 heteroatoms. The topological polar surface area (TPSA) is 118 Å². The molecule has 2 amide bonds. The van der Waals surface area contributed by atoms with E-state index in [2.05, 4.69) is 10.2 Å². The van der Waals surface area contributed by atoms with Crippen molar-refractivity contribution < 1.29 is 9.59 Å². The predicted octanol–water partition coefficient (Wildman–Crippen LogP) is 0.763. The molecule has 0 bridgehead atoms. The molecule has 1 saturated heterocycles. The minimum absolute atomic E-state index is 0.0867. The molecule has 1 atom stereocenters. The molecule has 0 spiro atoms. The second kappa shape index (κ2) is 5.32. The zero-order valence-electron chi connectivity index (χ0n) is 11.3. The summed E-state index contributed by atoms with van der Waals surface area (Å²) in [5.74, 6) is -0.589. The summed E-state index contributed by atoms with van der Waals surface area (Å²) in [6, 6.07) is 0. The van der Waals surface area contributed by atoms with Crippen LogP contribution in [0.25, 0.3) is 0 Å². The molecule has 7 nitrogen and oxygen atoms in total. The summed E-state index contributed by atoms with van der Waals surface area (Å²) in [5.41, 5.74) is 10.5. The lowest BCUT2D eigenvalue weighted by atomic mass is 9.77. The number of nitrogen functional groups attached to an aromatic ring is 1. The van der Waals surface area contributed by atoms with Gasteiger partial charge < -0.3 is 16.4 Å². The Bertz CT molecular complexity index is 544. The number of primary amides is 1. The largest absolute Gasteiger partial charge is 0.381 e. The smallest absolute Gasteiger partial charge is 0.273 e. The number of carbonyl (C=O) groups is 2. The lowest BCUT2D eigenvalue weighted by molar-refractivity contribution is -0.130. The quantitative estimate of drug-likeness (QED) is 0.763. The van der Waals surface area contributed by atoms with Gasteiger partial charge in [-0.25, -0.2) is 0 Å². The van der Waals surface area contributed by atoms with Crippen molar-refractivity contribution in [3.63, 3.8) is 0 Å². The molecule has 0 aliphatic carbocycles. The Labute approximate surface area is 121 Å². The first-order valence-electron chi connectivity index (χ1n) is 6.50. The van der Waals surface area contributed by atoms with E-state index in [-0.39, 0.29) is 28.3 Å². The van der Waals surface area contributed by atoms with Crippen LogP contribution in [-0.2, 0) is 4.79 Å². The highest BCUT2D eigenvalue weighted by molar-refractivity contribution is 6.35. The Balaban J connectivity index is 2.23. The number of nitrogens with one attached hydrogen (secondary N) is 1. The van der Waals surface area contributed by atoms with Gasteiger partial charge in [0.2, 0.25) is 5.91 Å². The average molecular weight is 300 g/mol. The predicted molar refractivity (Wildman–Crippen MR) is 75.1 cm³/mol. The van der Waals surface area contributed by atoms with E-state index in [9.17, 15) is 9.59 Å². The number of H-pyrrole nitrogens is 1. The number of aromatic nitrogens is 2. The zero-order chi connectivity index (χ0) is 14.9. The monoisotopic (exact) mass is 299 g/mol. The normalized spacial score (nSPS) is 22.8. The van der Waals surface area contributed by atoms with Crippen LogP contribution in [0.4, 0.5) is 5.82 Å². The first-order chi connectivity index (χ1) is 9.41. The Morgan fingerprint density at radius 3 is 2.75 bits per heavy atom. The molecule has 1 aliphatic rings. The first-order valence-corrected chi connectivity index (χ1v) is 6.87. The number of piperidine rings is 1. The second-order valence-corrected chi connectivity index (χ2v) is 5.50. The van der Waals surface area contributed by atoms with Gasteiger partial charge in [-0.2, -0.15) is 5.10 Å². The SMILES string of the molecule is CC[C@@]1(C(N)=O)CCCN(C(=O)c2[nH]nc(N)c2Cl)C1. The molecule has 20 heavy (non-hydrogen) atoms. The number of anilines is 1. The van der Waals surface area contributed by atoms with Crippen LogP contribution in [0.15, 0.2) is 0 Å². The average Bonchev–Trinajstić information content (AvgIpc) is 2.78. The van der Waals surface area contributed by atoms with E-state index in [0.717, 1.165) is 6.42 Å². The van der Waals surface area contributed by atoms with Gasteiger partial charge >= 0.3 is 0 Å². The number of hydrogen-bond donors (Lipinski definition) is 3. The van der Waals surface area contributed by atoms with Crippen LogP contribution in [0.5, 0.6) is 0 Å². The molecular formula is C12H18ClN5O2. The minimum atomic E-state index is -0.661. The summed E-state index contributed by atoms with van der Waals surface area (Å²) in [6.45, 7) is 2.76. The van der Waals surface area contributed by atoms with Gasteiger partial charge in [0.25, 0.3) is 5.91 Å². The van der Waals surface area contributed by atoms with E-state index < -0.39 is 5.41 Å². The molecule has 0 saturated carbocycles. The van der Waals surface area contributed by atoms with Crippen molar-refractivity contribution in [3.05, 3.63) is 10.7 Å². The second-order valence-electron chi connectivity index (χ2n) is 5.13. The maximum Gasteiger partial charge on any atom is 0.273 e. The van der Waals surface area contributed by atoms with Gasteiger partial charge in [-0.05, 0) is 19.3 Å². The number of hydrogen-bond acceptors (Lipinski definition) is 4. The minimum Gasteiger partial charge on any atom is -0.381 e. The molecule has 1 aliphatic heterocycles. The summed E-state index contributed by atoms with van der Waals surface area (Å²) in [6.07, 6.45) is 2.02. The summed E-state index contributed by atoms with van der Waals surface area (Å²) in [7, 11) is 0. The molecule has 2 heterocycles. The number of aromatic amines is 1. The summed E-state index contributed by atoms with van der Waals surface area (Å²) < 4.78 is 0. The van der Waals surface area contributed by atoms with Gasteiger partial charge in [0.15, 0.2) is 5.82 Å². The van der Waals surface area contributed by atoms with E-state index in [1.165, 1.54) is 0 Å². The van der Waals surface area contributed by atoms with E-state index in [4.69, 9.17) is 23.1 Å². The number of nitrogens with zero attached hydrogens (tertiary/aromatic N) is 2. The van der Waals surface area contributed by atoms with Crippen LogP contribution in [0, 0.1) is 5.41 Å². The van der Waals surface area contributed by atoms with Crippen molar-refractivity contribution in [3.8, 4) is 0 Å². The summed E-state index contributed by atoms with van der Waals surface area (Å²) >= 11 is 5.93. The van der Waals surface area contributed by atoms with Crippen molar-refractivity contribution in [1.82, 2.24) is 15.1 Å². The highest BCUT2D eigenvalue weighted by Crippen LogP contribution is 2.34. The van der Waals surface area contributed by atoms with Gasteiger partial charge in [-0.1, -0.05) is 18.5 Å². The highest BCUT2D eigenvalue weighted by Gasteiger charge is 2.41. The van der Waals surface area contributed by atoms with Crippen molar-refractivity contribution in [2.75, 3.05) is 18.8 Å². The third-order valence-electron chi connectivity index (χ3n) is 4.01. The van der Waals surface area contributed by atoms with Crippen LogP contribution in [0.1, 0.15) is 36.7 Å². The fraction of sp³-hybridized carbons (Fsp3) is 0.583. The summed E-state index contributed by atoms with van der Waals surface area (Å²) in [4.78, 5) is 25.7. The van der Waals surface area contributed by atoms with E-state index in [1.807, 2.05) is 6.92 Å². The Kier molecular flexibility index (Phi) is 3.89. The standard InChI is InChI=1S/C12H18ClN5O2/c1-2-12(11(15)20)4-3-5-18(6-12)10(19)8-7(13)9(14)17-16-8/h2-6H2,1H3,(H2,15,20)(H3,14,16,17)/t12-/m1/s1. The maximum atomic E-state index is 12.4. The molecule has 110 valence electrons. The Hall–Kier alpha value is -1.76. The molecule has 5 N–H and O–H groups in total. The van der Waals surface area contributed by atoms with Crippen molar-refractivity contribution in [2.45, 2.75) is 26.2 Å². The summed E-state index contributed by atoms with van der Waals surface area (Å²) in [5, 5.41) is 6.35. The van der Waals surface area contributed by atoms with Crippen LogP contribution >= 0.6 is 11.6 Å². The number of halogens is 1. The number of amides is 2. The Morgan fingerprint density at radius 1 is 1.55 bits per heavy atom. The molecule has 0 unspecified atom stereocenters. The van der Waals surface area contributed by atoms with Gasteiger partial charge in [-0.3, -0.25) is 14.7 Å². The number of likely N-dealkylation sites (tertiary alicyclic amines) is 1. The molecule has 1 aromatic heterocycles. The van der Waals surface area contributed by atoms with Crippen molar-refractivity contribution in [1.29, 1.82) is 0 Å². The van der Waals surface area contributed by atoms with Crippen LogP contribution in [0.3, 0.4) is 0 Å². The van der Waals surface area contributed by atoms with E-state index >= 15 is 0 Å². The maximum absolute atomic E-state index is 12.4. The third kappa shape index (κ3) is 2.33. The molecule has 0 radical (unpaired) electrons. The van der Waals surface area contributed by atoms with E-state index in [0.29, 0.717) is 25.9 Å². The molecule has 0 aromatic carbocycles. The van der Waals surface area contributed by atoms with Crippen LogP contribution in [-0.4, -0.2) is 40.0 Å². The van der Waals surface area contributed by atoms with Gasteiger partial charge in [-0.15, -0.1) is 0 Å². The lowest BCUT2D eigenvalue weighted by Gasteiger charge is -2.40. The third-order valence-corrected chi connectivity index (χ3v) is 4.39. The number of carbonyl (C=O) groups excluding carboxylic acids is 2. The first kappa shape index (κ1) is 14.6. The van der Waals surface area contributed by atoms with Gasteiger partial charge in [0, 0.05) is 13.1 Å². The molecule has 2 rings (SSSR count). The van der Waals surface area contributed by atoms with Crippen molar-refractivity contribution >= 4 is 29.2 Å². The number of rotatable bonds is 3. The highest BCUT2D eigenvalue weighted by atomic mass is 35.5. The lowest BCUT2D eigenvalue weighted by Crippen LogP contribution is -2.52. The zero-order valence-corrected chi connectivity index (χ0v) is 12.0. The fourth-order valence-electron chi connectivity index (χ4n) is 2.61. The fourth-order valence-corrected chi connectivity index (χ4v) is 2.78. The Morgan fingerprint density at radius 2 is 2.25 bits per heavy atom. The number of nitrogens with two attached hydrogens (primary N) is 2. The molecular weight excluding hydrogens is 282 g/mol. The van der Waals surface area contributed by atoms with Gasteiger partial charge in [0.05, 0.1) is 5.41 Å². The van der Waals surface area contributed by atoms with Crippen LogP contribution < -0.4 is 11.5 Å². The molecule has 1 fully saturated rings. The molecule has 1 aromatic rings. The van der Waals surface area contributed by atoms with E-state index in [1.54, 1.807) is 4.90 Å².